The summed E-state index contributed by atoms with van der Waals surface area (Å²) in [4.78, 5) is 6.16. The fourth-order valence-electron chi connectivity index (χ4n) is 2.69. The Labute approximate surface area is 155 Å². The van der Waals surface area contributed by atoms with Crippen LogP contribution in [0.25, 0.3) is 16.8 Å². The van der Waals surface area contributed by atoms with Gasteiger partial charge in [0.1, 0.15) is 5.65 Å². The normalized spacial score (nSPS) is 13.3. The zero-order valence-corrected chi connectivity index (χ0v) is 15.3. The number of hydrogen-bond donors (Lipinski definition) is 1. The van der Waals surface area contributed by atoms with Crippen LogP contribution >= 0.6 is 0 Å². The topological polar surface area (TPSA) is 45.7 Å². The third-order valence-electron chi connectivity index (χ3n) is 4.54. The molecule has 1 atom stereocenters. The molecule has 0 aliphatic heterocycles. The predicted octanol–water partition coefficient (Wildman–Crippen LogP) is 4.17. The third-order valence-corrected chi connectivity index (χ3v) is 4.54. The highest BCUT2D eigenvalue weighted by Crippen LogP contribution is 2.35. The molecule has 1 N–H and O–H groups in total. The van der Waals surface area contributed by atoms with Crippen LogP contribution in [0.2, 0.25) is 0 Å². The van der Waals surface area contributed by atoms with Crippen molar-refractivity contribution in [2.45, 2.75) is 25.7 Å². The number of pyridine rings is 1. The number of aromatic nitrogens is 2. The van der Waals surface area contributed by atoms with Crippen molar-refractivity contribution in [1.82, 2.24) is 19.6 Å². The molecule has 27 heavy (non-hydrogen) atoms. The van der Waals surface area contributed by atoms with Crippen LogP contribution < -0.4 is 5.32 Å². The van der Waals surface area contributed by atoms with E-state index in [9.17, 15) is 13.2 Å². The lowest BCUT2D eigenvalue weighted by Gasteiger charge is -2.22. The molecule has 0 aliphatic carbocycles. The van der Waals surface area contributed by atoms with E-state index in [1.54, 1.807) is 18.5 Å². The van der Waals surface area contributed by atoms with Gasteiger partial charge >= 0.3 is 6.18 Å². The van der Waals surface area contributed by atoms with Crippen LogP contribution in [0.3, 0.4) is 0 Å². The van der Waals surface area contributed by atoms with Crippen molar-refractivity contribution in [3.05, 3.63) is 60.6 Å². The van der Waals surface area contributed by atoms with Crippen LogP contribution in [0.1, 0.15) is 18.2 Å². The number of rotatable bonds is 6. The maximum absolute atomic E-state index is 13.5. The Bertz CT molecular complexity index is 942. The van der Waals surface area contributed by atoms with E-state index in [0.717, 1.165) is 11.8 Å². The number of alkyl halides is 3. The highest BCUT2D eigenvalue weighted by atomic mass is 19.4. The van der Waals surface area contributed by atoms with Gasteiger partial charge in [-0.15, -0.1) is 0 Å². The smallest absolute Gasteiger partial charge is 0.420 e. The van der Waals surface area contributed by atoms with E-state index in [2.05, 4.69) is 16.9 Å². The van der Waals surface area contributed by atoms with Gasteiger partial charge in [-0.1, -0.05) is 6.58 Å². The first-order valence-electron chi connectivity index (χ1n) is 8.37. The molecular weight excluding hydrogens is 357 g/mol. The fourth-order valence-corrected chi connectivity index (χ4v) is 2.69. The van der Waals surface area contributed by atoms with Crippen molar-refractivity contribution >= 4 is 5.65 Å². The van der Waals surface area contributed by atoms with Gasteiger partial charge in [0, 0.05) is 35.3 Å². The lowest BCUT2D eigenvalue weighted by atomic mass is 10.1. The molecule has 3 aromatic rings. The Morgan fingerprint density at radius 1 is 1.33 bits per heavy atom. The molecule has 0 amide bonds. The Kier molecular flexibility index (Phi) is 5.01. The number of furan rings is 1. The first-order valence-corrected chi connectivity index (χ1v) is 8.37. The summed E-state index contributed by atoms with van der Waals surface area (Å²) in [6.07, 6.45) is 1.53. The van der Waals surface area contributed by atoms with Gasteiger partial charge in [0.05, 0.1) is 30.3 Å². The van der Waals surface area contributed by atoms with E-state index < -0.39 is 11.7 Å². The average Bonchev–Trinajstić information content (AvgIpc) is 3.25. The molecule has 3 heterocycles. The van der Waals surface area contributed by atoms with Crippen molar-refractivity contribution in [3.8, 4) is 11.1 Å². The molecule has 0 aliphatic rings. The molecule has 0 saturated heterocycles. The van der Waals surface area contributed by atoms with Crippen LogP contribution in [-0.2, 0) is 12.7 Å². The first kappa shape index (κ1) is 19.0. The SMILES string of the molecule is C=C(NCc1cn2cc(-c3ccoc3)cc(C(F)(F)F)c2n1)C(C)N(C)C. The van der Waals surface area contributed by atoms with Crippen LogP contribution in [0.15, 0.2) is 53.7 Å². The van der Waals surface area contributed by atoms with Gasteiger partial charge in [-0.2, -0.15) is 13.2 Å². The lowest BCUT2D eigenvalue weighted by Crippen LogP contribution is -2.32. The second kappa shape index (κ2) is 7.11. The third kappa shape index (κ3) is 4.00. The summed E-state index contributed by atoms with van der Waals surface area (Å²) in [6, 6.07) is 2.80. The molecule has 0 aromatic carbocycles. The maximum Gasteiger partial charge on any atom is 0.420 e. The van der Waals surface area contributed by atoms with Gasteiger partial charge in [0.2, 0.25) is 0 Å². The number of imidazole rings is 1. The standard InChI is InChI=1S/C19H21F3N4O/c1-12(13(2)25(3)4)23-8-16-10-26-9-15(14-5-6-27-11-14)7-17(18(26)24-16)19(20,21)22/h5-7,9-11,13,23H,1,8H2,2-4H3. The quantitative estimate of drug-likeness (QED) is 0.699. The van der Waals surface area contributed by atoms with Gasteiger partial charge in [-0.3, -0.25) is 0 Å². The summed E-state index contributed by atoms with van der Waals surface area (Å²) in [7, 11) is 3.85. The molecule has 0 saturated carbocycles. The van der Waals surface area contributed by atoms with E-state index in [0.29, 0.717) is 16.8 Å². The molecule has 3 rings (SSSR count). The van der Waals surface area contributed by atoms with Crippen molar-refractivity contribution in [2.24, 2.45) is 0 Å². The minimum atomic E-state index is -4.51. The van der Waals surface area contributed by atoms with Gasteiger partial charge < -0.3 is 19.0 Å². The van der Waals surface area contributed by atoms with Crippen molar-refractivity contribution < 1.29 is 17.6 Å². The minimum Gasteiger partial charge on any atom is -0.472 e. The summed E-state index contributed by atoms with van der Waals surface area (Å²) < 4.78 is 47.0. The van der Waals surface area contributed by atoms with Gasteiger partial charge in [0.15, 0.2) is 0 Å². The van der Waals surface area contributed by atoms with Gasteiger partial charge in [0.25, 0.3) is 0 Å². The number of nitrogens with zero attached hydrogens (tertiary/aromatic N) is 3. The molecule has 0 radical (unpaired) electrons. The van der Waals surface area contributed by atoms with Crippen molar-refractivity contribution in [2.75, 3.05) is 14.1 Å². The van der Waals surface area contributed by atoms with Gasteiger partial charge in [-0.05, 0) is 33.2 Å². The van der Waals surface area contributed by atoms with Crippen molar-refractivity contribution in [1.29, 1.82) is 0 Å². The minimum absolute atomic E-state index is 0.0838. The highest BCUT2D eigenvalue weighted by Gasteiger charge is 2.34. The molecule has 1 unspecified atom stereocenters. The van der Waals surface area contributed by atoms with Crippen molar-refractivity contribution in [3.63, 3.8) is 0 Å². The number of fused-ring (bicyclic) bond motifs is 1. The van der Waals surface area contributed by atoms with E-state index >= 15 is 0 Å². The summed E-state index contributed by atoms with van der Waals surface area (Å²) >= 11 is 0. The molecule has 0 spiro atoms. The molecule has 3 aromatic heterocycles. The Balaban J connectivity index is 1.95. The zero-order chi connectivity index (χ0) is 19.8. The summed E-state index contributed by atoms with van der Waals surface area (Å²) in [5, 5.41) is 3.13. The zero-order valence-electron chi connectivity index (χ0n) is 15.3. The monoisotopic (exact) mass is 378 g/mol. The summed E-state index contributed by atoms with van der Waals surface area (Å²) in [5.41, 5.74) is 1.34. The maximum atomic E-state index is 13.5. The first-order chi connectivity index (χ1) is 12.7. The highest BCUT2D eigenvalue weighted by molar-refractivity contribution is 5.67. The Morgan fingerprint density at radius 3 is 2.67 bits per heavy atom. The number of nitrogens with one attached hydrogen (secondary N) is 1. The van der Waals surface area contributed by atoms with E-state index in [-0.39, 0.29) is 18.2 Å². The van der Waals surface area contributed by atoms with Crippen LogP contribution in [0.4, 0.5) is 13.2 Å². The van der Waals surface area contributed by atoms with Crippen LogP contribution in [0, 0.1) is 0 Å². The van der Waals surface area contributed by atoms with Crippen LogP contribution in [-0.4, -0.2) is 34.4 Å². The molecule has 0 bridgehead atoms. The lowest BCUT2D eigenvalue weighted by molar-refractivity contribution is -0.136. The largest absolute Gasteiger partial charge is 0.472 e. The van der Waals surface area contributed by atoms with Gasteiger partial charge in [-0.25, -0.2) is 4.98 Å². The molecule has 0 fully saturated rings. The molecule has 8 heteroatoms. The average molecular weight is 378 g/mol. The number of likely N-dealkylation sites (N-methyl/N-ethyl adjacent to an activating group) is 1. The predicted molar refractivity (Wildman–Crippen MR) is 97.0 cm³/mol. The second-order valence-electron chi connectivity index (χ2n) is 6.63. The molecular formula is C19H21F3N4O. The molecule has 5 nitrogen and oxygen atoms in total. The summed E-state index contributed by atoms with van der Waals surface area (Å²) in [5.74, 6) is 0. The Hall–Kier alpha value is -2.74. The van der Waals surface area contributed by atoms with E-state index in [1.165, 1.54) is 16.9 Å². The number of hydrogen-bond acceptors (Lipinski definition) is 4. The number of halogens is 3. The van der Waals surface area contributed by atoms with E-state index in [1.807, 2.05) is 25.9 Å². The molecule has 144 valence electrons. The second-order valence-corrected chi connectivity index (χ2v) is 6.63. The fraction of sp³-hybridized carbons (Fsp3) is 0.316. The van der Waals surface area contributed by atoms with Crippen LogP contribution in [0.5, 0.6) is 0 Å². The Morgan fingerprint density at radius 2 is 2.07 bits per heavy atom. The summed E-state index contributed by atoms with van der Waals surface area (Å²) in [6.45, 7) is 6.24. The van der Waals surface area contributed by atoms with E-state index in [4.69, 9.17) is 4.42 Å².